The second-order valence-electron chi connectivity index (χ2n) is 5.21. The lowest BCUT2D eigenvalue weighted by molar-refractivity contribution is 0.278. The van der Waals surface area contributed by atoms with Crippen molar-refractivity contribution in [3.8, 4) is 5.75 Å². The molecule has 0 bridgehead atoms. The van der Waals surface area contributed by atoms with Crippen LogP contribution in [0.1, 0.15) is 38.2 Å². The Hall–Kier alpha value is -0.540. The van der Waals surface area contributed by atoms with Gasteiger partial charge in [0, 0.05) is 22.6 Å². The van der Waals surface area contributed by atoms with Crippen LogP contribution in [0.2, 0.25) is 0 Å². The normalized spacial score (nSPS) is 23.9. The van der Waals surface area contributed by atoms with Crippen molar-refractivity contribution in [1.29, 1.82) is 0 Å². The van der Waals surface area contributed by atoms with Crippen LogP contribution < -0.4 is 10.1 Å². The largest absolute Gasteiger partial charge is 0.496 e. The molecule has 100 valence electrons. The van der Waals surface area contributed by atoms with Gasteiger partial charge in [0.1, 0.15) is 5.75 Å². The van der Waals surface area contributed by atoms with Crippen LogP contribution in [-0.4, -0.2) is 13.2 Å². The second-order valence-corrected chi connectivity index (χ2v) is 6.12. The summed E-state index contributed by atoms with van der Waals surface area (Å²) in [5, 5.41) is 3.69. The summed E-state index contributed by atoms with van der Waals surface area (Å²) in [4.78, 5) is 0. The lowest BCUT2D eigenvalue weighted by atomic mass is 9.86. The van der Waals surface area contributed by atoms with Crippen LogP contribution in [0.25, 0.3) is 0 Å². The molecule has 1 saturated carbocycles. The maximum Gasteiger partial charge on any atom is 0.123 e. The summed E-state index contributed by atoms with van der Waals surface area (Å²) in [6.45, 7) is 3.24. The number of hydrogen-bond acceptors (Lipinski definition) is 2. The van der Waals surface area contributed by atoms with Gasteiger partial charge in [0.25, 0.3) is 0 Å². The first-order chi connectivity index (χ1) is 8.70. The molecule has 0 saturated heterocycles. The minimum Gasteiger partial charge on any atom is -0.496 e. The van der Waals surface area contributed by atoms with Crippen LogP contribution in [0.4, 0.5) is 0 Å². The topological polar surface area (TPSA) is 21.3 Å². The summed E-state index contributed by atoms with van der Waals surface area (Å²) in [5.41, 5.74) is 1.23. The van der Waals surface area contributed by atoms with Gasteiger partial charge in [-0.05, 0) is 37.0 Å². The van der Waals surface area contributed by atoms with Crippen molar-refractivity contribution in [3.05, 3.63) is 28.2 Å². The Bertz CT molecular complexity index is 394. The van der Waals surface area contributed by atoms with E-state index in [1.54, 1.807) is 7.11 Å². The number of nitrogens with one attached hydrogen (secondary N) is 1. The van der Waals surface area contributed by atoms with E-state index in [0.29, 0.717) is 6.04 Å². The minimum absolute atomic E-state index is 0.655. The molecule has 0 spiro atoms. The summed E-state index contributed by atoms with van der Waals surface area (Å²) < 4.78 is 6.51. The highest BCUT2D eigenvalue weighted by Crippen LogP contribution is 2.26. The number of rotatable bonds is 4. The lowest BCUT2D eigenvalue weighted by Gasteiger charge is -2.30. The Kier molecular flexibility index (Phi) is 5.07. The monoisotopic (exact) mass is 311 g/mol. The first-order valence-corrected chi connectivity index (χ1v) is 7.56. The molecule has 2 rings (SSSR count). The lowest BCUT2D eigenvalue weighted by Crippen LogP contribution is -2.36. The average molecular weight is 312 g/mol. The van der Waals surface area contributed by atoms with E-state index < -0.39 is 0 Å². The van der Waals surface area contributed by atoms with Gasteiger partial charge in [0.15, 0.2) is 0 Å². The van der Waals surface area contributed by atoms with Gasteiger partial charge in [-0.15, -0.1) is 0 Å². The van der Waals surface area contributed by atoms with E-state index in [2.05, 4.69) is 34.2 Å². The summed E-state index contributed by atoms with van der Waals surface area (Å²) in [5.74, 6) is 1.76. The van der Waals surface area contributed by atoms with Crippen LogP contribution in [0.3, 0.4) is 0 Å². The van der Waals surface area contributed by atoms with Crippen molar-refractivity contribution in [2.75, 3.05) is 7.11 Å². The van der Waals surface area contributed by atoms with Gasteiger partial charge in [0.2, 0.25) is 0 Å². The zero-order valence-corrected chi connectivity index (χ0v) is 12.8. The summed E-state index contributed by atoms with van der Waals surface area (Å²) in [7, 11) is 1.73. The fourth-order valence-corrected chi connectivity index (χ4v) is 3.15. The van der Waals surface area contributed by atoms with Gasteiger partial charge >= 0.3 is 0 Å². The van der Waals surface area contributed by atoms with E-state index in [1.165, 1.54) is 31.2 Å². The number of methoxy groups -OCH3 is 1. The average Bonchev–Trinajstić information content (AvgIpc) is 2.38. The molecule has 0 heterocycles. The van der Waals surface area contributed by atoms with Crippen molar-refractivity contribution >= 4 is 15.9 Å². The number of hydrogen-bond donors (Lipinski definition) is 1. The maximum atomic E-state index is 5.41. The maximum absolute atomic E-state index is 5.41. The van der Waals surface area contributed by atoms with Crippen molar-refractivity contribution in [1.82, 2.24) is 5.32 Å². The zero-order valence-electron chi connectivity index (χ0n) is 11.2. The molecule has 1 aromatic rings. The number of halogens is 1. The summed E-state index contributed by atoms with van der Waals surface area (Å²) in [6.07, 6.45) is 5.40. The van der Waals surface area contributed by atoms with Crippen LogP contribution in [0.15, 0.2) is 22.7 Å². The summed E-state index contributed by atoms with van der Waals surface area (Å²) >= 11 is 3.52. The van der Waals surface area contributed by atoms with E-state index >= 15 is 0 Å². The molecule has 3 heteroatoms. The molecule has 1 aromatic carbocycles. The molecule has 2 nitrogen and oxygen atoms in total. The van der Waals surface area contributed by atoms with Crippen molar-refractivity contribution in [3.63, 3.8) is 0 Å². The molecule has 1 aliphatic carbocycles. The third-order valence-electron chi connectivity index (χ3n) is 3.91. The Balaban J connectivity index is 1.98. The van der Waals surface area contributed by atoms with E-state index in [9.17, 15) is 0 Å². The highest BCUT2D eigenvalue weighted by atomic mass is 79.9. The summed E-state index contributed by atoms with van der Waals surface area (Å²) in [6, 6.07) is 6.83. The van der Waals surface area contributed by atoms with Crippen LogP contribution in [0, 0.1) is 5.92 Å². The fraction of sp³-hybridized carbons (Fsp3) is 0.600. The molecule has 0 radical (unpaired) electrons. The first kappa shape index (κ1) is 13.9. The highest BCUT2D eigenvalue weighted by Gasteiger charge is 2.20. The SMILES string of the molecule is COc1ccc(Br)cc1CN[C@@H]1CCCC[C@H]1C. The standard InChI is InChI=1S/C15H22BrNO/c1-11-5-3-4-6-14(11)17-10-12-9-13(16)7-8-15(12)18-2/h7-9,11,14,17H,3-6,10H2,1-2H3/t11-,14-/m1/s1. The molecule has 1 fully saturated rings. The molecule has 1 aliphatic rings. The molecule has 1 N–H and O–H groups in total. The third-order valence-corrected chi connectivity index (χ3v) is 4.40. The molecule has 0 aliphatic heterocycles. The Morgan fingerprint density at radius 2 is 2.11 bits per heavy atom. The van der Waals surface area contributed by atoms with Crippen LogP contribution in [0.5, 0.6) is 5.75 Å². The fourth-order valence-electron chi connectivity index (χ4n) is 2.75. The predicted molar refractivity (Wildman–Crippen MR) is 79.0 cm³/mol. The zero-order chi connectivity index (χ0) is 13.0. The van der Waals surface area contributed by atoms with Crippen LogP contribution >= 0.6 is 15.9 Å². The van der Waals surface area contributed by atoms with Gasteiger partial charge in [0.05, 0.1) is 7.11 Å². The van der Waals surface area contributed by atoms with Gasteiger partial charge in [-0.25, -0.2) is 0 Å². The Morgan fingerprint density at radius 1 is 1.33 bits per heavy atom. The molecular weight excluding hydrogens is 290 g/mol. The molecule has 0 unspecified atom stereocenters. The molecule has 18 heavy (non-hydrogen) atoms. The van der Waals surface area contributed by atoms with Crippen LogP contribution in [-0.2, 0) is 6.54 Å². The molecule has 0 aromatic heterocycles. The van der Waals surface area contributed by atoms with E-state index in [4.69, 9.17) is 4.74 Å². The number of ether oxygens (including phenoxy) is 1. The van der Waals surface area contributed by atoms with Crippen molar-refractivity contribution < 1.29 is 4.74 Å². The van der Waals surface area contributed by atoms with Gasteiger partial charge in [-0.2, -0.15) is 0 Å². The Morgan fingerprint density at radius 3 is 2.83 bits per heavy atom. The smallest absolute Gasteiger partial charge is 0.123 e. The van der Waals surface area contributed by atoms with Gasteiger partial charge in [-0.1, -0.05) is 35.7 Å². The van der Waals surface area contributed by atoms with Crippen molar-refractivity contribution in [2.24, 2.45) is 5.92 Å². The third kappa shape index (κ3) is 3.48. The Labute approximate surface area is 118 Å². The van der Waals surface area contributed by atoms with Gasteiger partial charge < -0.3 is 10.1 Å². The van der Waals surface area contributed by atoms with Crippen molar-refractivity contribution in [2.45, 2.75) is 45.2 Å². The number of benzene rings is 1. The van der Waals surface area contributed by atoms with Gasteiger partial charge in [-0.3, -0.25) is 0 Å². The van der Waals surface area contributed by atoms with E-state index in [1.807, 2.05) is 12.1 Å². The van der Waals surface area contributed by atoms with E-state index in [-0.39, 0.29) is 0 Å². The predicted octanol–water partition coefficient (Wildman–Crippen LogP) is 4.13. The first-order valence-electron chi connectivity index (χ1n) is 6.76. The van der Waals surface area contributed by atoms with E-state index in [0.717, 1.165) is 22.7 Å². The molecule has 2 atom stereocenters. The molecular formula is C15H22BrNO. The quantitative estimate of drug-likeness (QED) is 0.903. The second kappa shape index (κ2) is 6.58. The molecule has 0 amide bonds. The minimum atomic E-state index is 0.655. The highest BCUT2D eigenvalue weighted by molar-refractivity contribution is 9.10.